The molecule has 2 aromatic carbocycles. The Hall–Kier alpha value is -2.82. The number of amides is 2. The van der Waals surface area contributed by atoms with Gasteiger partial charge in [-0.25, -0.2) is 0 Å². The number of nitrogens with zero attached hydrogens (tertiary/aromatic N) is 1. The monoisotopic (exact) mass is 350 g/mol. The summed E-state index contributed by atoms with van der Waals surface area (Å²) in [7, 11) is 0. The highest BCUT2D eigenvalue weighted by Crippen LogP contribution is 2.32. The molecule has 2 amide bonds. The number of carbonyl (C=O) groups excluding carboxylic acids is 2. The van der Waals surface area contributed by atoms with Gasteiger partial charge in [0.2, 0.25) is 0 Å². The molecule has 26 heavy (non-hydrogen) atoms. The molecular formula is C21H22N2O3. The molecule has 4 rings (SSSR count). The highest BCUT2D eigenvalue weighted by Gasteiger charge is 2.25. The number of anilines is 1. The first-order valence-electron chi connectivity index (χ1n) is 9.13. The summed E-state index contributed by atoms with van der Waals surface area (Å²) in [6.07, 6.45) is 4.53. The predicted octanol–water partition coefficient (Wildman–Crippen LogP) is 3.28. The molecule has 5 nitrogen and oxygen atoms in total. The van der Waals surface area contributed by atoms with E-state index in [9.17, 15) is 9.59 Å². The summed E-state index contributed by atoms with van der Waals surface area (Å²) in [6.45, 7) is 0.516. The van der Waals surface area contributed by atoms with Crippen LogP contribution in [0.1, 0.15) is 41.6 Å². The summed E-state index contributed by atoms with van der Waals surface area (Å²) in [5.41, 5.74) is 2.42. The van der Waals surface area contributed by atoms with Crippen molar-refractivity contribution in [2.24, 2.45) is 0 Å². The van der Waals surface area contributed by atoms with Crippen LogP contribution in [0.3, 0.4) is 0 Å². The Morgan fingerprint density at radius 3 is 2.58 bits per heavy atom. The van der Waals surface area contributed by atoms with Crippen LogP contribution in [0, 0.1) is 0 Å². The number of ether oxygens (including phenoxy) is 1. The molecule has 1 fully saturated rings. The smallest absolute Gasteiger partial charge is 0.265 e. The fraction of sp³-hybridized carbons (Fsp3) is 0.333. The first-order chi connectivity index (χ1) is 12.7. The number of rotatable bonds is 4. The van der Waals surface area contributed by atoms with Gasteiger partial charge >= 0.3 is 0 Å². The third-order valence-electron chi connectivity index (χ3n) is 5.06. The van der Waals surface area contributed by atoms with E-state index in [1.807, 2.05) is 48.5 Å². The van der Waals surface area contributed by atoms with Gasteiger partial charge in [0.25, 0.3) is 11.8 Å². The fourth-order valence-electron chi connectivity index (χ4n) is 3.61. The first kappa shape index (κ1) is 16.6. The molecule has 1 aliphatic heterocycles. The van der Waals surface area contributed by atoms with Gasteiger partial charge < -0.3 is 15.0 Å². The molecule has 0 unspecified atom stereocenters. The van der Waals surface area contributed by atoms with Gasteiger partial charge in [-0.3, -0.25) is 9.59 Å². The van der Waals surface area contributed by atoms with Crippen molar-refractivity contribution in [2.45, 2.75) is 38.3 Å². The van der Waals surface area contributed by atoms with Crippen LogP contribution in [0.25, 0.3) is 0 Å². The molecule has 5 heteroatoms. The van der Waals surface area contributed by atoms with Gasteiger partial charge in [-0.2, -0.15) is 0 Å². The van der Waals surface area contributed by atoms with Crippen molar-refractivity contribution >= 4 is 17.5 Å². The summed E-state index contributed by atoms with van der Waals surface area (Å²) in [6, 6.07) is 15.3. The number of para-hydroxylation sites is 2. The number of benzene rings is 2. The summed E-state index contributed by atoms with van der Waals surface area (Å²) in [5.74, 6) is 0.641. The molecular weight excluding hydrogens is 328 g/mol. The Labute approximate surface area is 153 Å². The standard InChI is InChI=1S/C21H22N2O3/c24-20-14-26-19-8-4-3-7-18(19)23(20)13-15-9-11-16(12-10-15)21(25)22-17-5-1-2-6-17/h3-4,7-12,17H,1-2,5-6,13-14H2,(H,22,25). The molecule has 2 aliphatic rings. The van der Waals surface area contributed by atoms with Crippen LogP contribution in [0.5, 0.6) is 5.75 Å². The van der Waals surface area contributed by atoms with E-state index < -0.39 is 0 Å². The van der Waals surface area contributed by atoms with E-state index in [2.05, 4.69) is 5.32 Å². The van der Waals surface area contributed by atoms with Crippen LogP contribution in [-0.2, 0) is 11.3 Å². The number of nitrogens with one attached hydrogen (secondary N) is 1. The summed E-state index contributed by atoms with van der Waals surface area (Å²) >= 11 is 0. The molecule has 0 spiro atoms. The SMILES string of the molecule is O=C(NC1CCCC1)c1ccc(CN2C(=O)COc3ccccc32)cc1. The second kappa shape index (κ2) is 7.20. The van der Waals surface area contributed by atoms with Crippen molar-refractivity contribution in [3.05, 3.63) is 59.7 Å². The van der Waals surface area contributed by atoms with Crippen molar-refractivity contribution in [2.75, 3.05) is 11.5 Å². The maximum absolute atomic E-state index is 12.3. The van der Waals surface area contributed by atoms with Crippen molar-refractivity contribution in [3.63, 3.8) is 0 Å². The minimum absolute atomic E-state index is 0.0174. The van der Waals surface area contributed by atoms with E-state index in [4.69, 9.17) is 4.74 Å². The summed E-state index contributed by atoms with van der Waals surface area (Å²) in [5, 5.41) is 3.10. The molecule has 1 heterocycles. The topological polar surface area (TPSA) is 58.6 Å². The Morgan fingerprint density at radius 1 is 1.08 bits per heavy atom. The van der Waals surface area contributed by atoms with Gasteiger partial charge in [0, 0.05) is 11.6 Å². The lowest BCUT2D eigenvalue weighted by molar-refractivity contribution is -0.121. The van der Waals surface area contributed by atoms with E-state index >= 15 is 0 Å². The molecule has 134 valence electrons. The van der Waals surface area contributed by atoms with Crippen LogP contribution in [0.2, 0.25) is 0 Å². The van der Waals surface area contributed by atoms with Crippen LogP contribution < -0.4 is 15.0 Å². The number of hydrogen-bond donors (Lipinski definition) is 1. The molecule has 1 N–H and O–H groups in total. The zero-order valence-electron chi connectivity index (χ0n) is 14.6. The molecule has 0 saturated heterocycles. The van der Waals surface area contributed by atoms with Crippen LogP contribution in [-0.4, -0.2) is 24.5 Å². The highest BCUT2D eigenvalue weighted by atomic mass is 16.5. The lowest BCUT2D eigenvalue weighted by Gasteiger charge is -2.29. The quantitative estimate of drug-likeness (QED) is 0.920. The average molecular weight is 350 g/mol. The van der Waals surface area contributed by atoms with Gasteiger partial charge in [0.15, 0.2) is 6.61 Å². The number of hydrogen-bond acceptors (Lipinski definition) is 3. The van der Waals surface area contributed by atoms with Crippen LogP contribution in [0.15, 0.2) is 48.5 Å². The van der Waals surface area contributed by atoms with Crippen molar-refractivity contribution < 1.29 is 14.3 Å². The Morgan fingerprint density at radius 2 is 1.81 bits per heavy atom. The minimum Gasteiger partial charge on any atom is -0.482 e. The lowest BCUT2D eigenvalue weighted by atomic mass is 10.1. The maximum Gasteiger partial charge on any atom is 0.265 e. The van der Waals surface area contributed by atoms with E-state index in [-0.39, 0.29) is 18.4 Å². The third kappa shape index (κ3) is 3.43. The summed E-state index contributed by atoms with van der Waals surface area (Å²) < 4.78 is 5.47. The lowest BCUT2D eigenvalue weighted by Crippen LogP contribution is -2.38. The third-order valence-corrected chi connectivity index (χ3v) is 5.06. The Bertz CT molecular complexity index is 810. The second-order valence-corrected chi connectivity index (χ2v) is 6.89. The predicted molar refractivity (Wildman–Crippen MR) is 99.3 cm³/mol. The number of carbonyl (C=O) groups is 2. The molecule has 0 bridgehead atoms. The van der Waals surface area contributed by atoms with Gasteiger partial charge in [-0.15, -0.1) is 0 Å². The van der Waals surface area contributed by atoms with E-state index in [1.165, 1.54) is 12.8 Å². The van der Waals surface area contributed by atoms with Gasteiger partial charge in [-0.05, 0) is 42.7 Å². The van der Waals surface area contributed by atoms with Gasteiger partial charge in [0.1, 0.15) is 5.75 Å². The Balaban J connectivity index is 1.46. The molecule has 0 radical (unpaired) electrons. The van der Waals surface area contributed by atoms with Gasteiger partial charge in [0.05, 0.1) is 12.2 Å². The minimum atomic E-state index is -0.0632. The van der Waals surface area contributed by atoms with Crippen LogP contribution in [0.4, 0.5) is 5.69 Å². The maximum atomic E-state index is 12.3. The number of fused-ring (bicyclic) bond motifs is 1. The zero-order valence-corrected chi connectivity index (χ0v) is 14.6. The fourth-order valence-corrected chi connectivity index (χ4v) is 3.61. The first-order valence-corrected chi connectivity index (χ1v) is 9.13. The van der Waals surface area contributed by atoms with Crippen molar-refractivity contribution in [3.8, 4) is 5.75 Å². The van der Waals surface area contributed by atoms with E-state index in [1.54, 1.807) is 4.90 Å². The molecule has 1 saturated carbocycles. The van der Waals surface area contributed by atoms with Crippen molar-refractivity contribution in [1.82, 2.24) is 5.32 Å². The van der Waals surface area contributed by atoms with Crippen molar-refractivity contribution in [1.29, 1.82) is 0 Å². The average Bonchev–Trinajstić information content (AvgIpc) is 3.17. The van der Waals surface area contributed by atoms with E-state index in [0.717, 1.165) is 29.8 Å². The molecule has 1 aliphatic carbocycles. The molecule has 0 atom stereocenters. The highest BCUT2D eigenvalue weighted by molar-refractivity contribution is 5.98. The molecule has 0 aromatic heterocycles. The summed E-state index contributed by atoms with van der Waals surface area (Å²) in [4.78, 5) is 26.3. The van der Waals surface area contributed by atoms with Crippen LogP contribution >= 0.6 is 0 Å². The Kier molecular flexibility index (Phi) is 4.61. The second-order valence-electron chi connectivity index (χ2n) is 6.89. The van der Waals surface area contributed by atoms with E-state index in [0.29, 0.717) is 18.2 Å². The molecule has 2 aromatic rings. The largest absolute Gasteiger partial charge is 0.482 e. The van der Waals surface area contributed by atoms with Gasteiger partial charge in [-0.1, -0.05) is 37.1 Å². The normalized spacial score (nSPS) is 16.9. The zero-order chi connectivity index (χ0) is 17.9.